The second-order valence-corrected chi connectivity index (χ2v) is 0. The molecule has 0 aliphatic carbocycles. The number of hydrogen-bond acceptors (Lipinski definition) is 0. The maximum atomic E-state index is 0. The fourth-order valence-corrected chi connectivity index (χ4v) is 0. The molecule has 0 atom stereocenters. The summed E-state index contributed by atoms with van der Waals surface area (Å²) in [6.07, 6.45) is 0. The van der Waals surface area contributed by atoms with Gasteiger partial charge in [-0.05, 0) is 0 Å². The van der Waals surface area contributed by atoms with Gasteiger partial charge in [-0.15, -0.1) is 0 Å². The maximum absolute atomic E-state index is 0. The number of hydrogen-bond donors (Lipinski definition) is 0. The fraction of sp³-hybridized carbons (Fsp3) is 0. The first-order chi connectivity index (χ1) is 0. The Kier molecular flexibility index (Phi) is 298. The third-order valence-corrected chi connectivity index (χ3v) is 0. The molecule has 0 aromatic carbocycles. The average Bonchev–Trinajstić information content (AvgIpc) is 0. The molecule has 0 saturated heterocycles. The van der Waals surface area contributed by atoms with Crippen LogP contribution < -0.4 is 37.7 Å². The van der Waals surface area contributed by atoms with E-state index in [4.69, 9.17) is 0 Å². The Bertz CT molecular complexity index is 18.0. The second kappa shape index (κ2) is 35.7. The minimum atomic E-state index is 0. The molecule has 0 fully saturated rings. The van der Waals surface area contributed by atoms with Gasteiger partial charge in [0.2, 0.25) is 0 Å². The smallest absolute Gasteiger partial charge is 1.00 e. The molecule has 0 aromatic heterocycles. The molecule has 6 heavy (non-hydrogen) atoms. The predicted octanol–water partition coefficient (Wildman–Crippen LogP) is -9.05. The van der Waals surface area contributed by atoms with E-state index in [1.54, 1.807) is 0 Å². The van der Waals surface area contributed by atoms with Crippen LogP contribution in [0, 0.1) is 0 Å². The molecule has 0 amide bonds. The molecule has 0 aliphatic rings. The third-order valence-electron chi connectivity index (χ3n) is 0. The molecule has 0 rings (SSSR count). The van der Waals surface area contributed by atoms with Crippen molar-refractivity contribution in [1.82, 2.24) is 0 Å². The Hall–Kier alpha value is 4.06. The molecule has 0 N–H and O–H groups in total. The molecule has 0 saturated carbocycles. The van der Waals surface area contributed by atoms with E-state index in [2.05, 4.69) is 0 Å². The minimum absolute atomic E-state index is 0. The van der Waals surface area contributed by atoms with Gasteiger partial charge in [-0.1, -0.05) is 0 Å². The molecular weight excluding hydrogens is 389 g/mol. The van der Waals surface area contributed by atoms with Crippen molar-refractivity contribution in [2.45, 2.75) is 0 Å². The van der Waals surface area contributed by atoms with E-state index in [0.717, 1.165) is 0 Å². The second-order valence-electron chi connectivity index (χ2n) is 0. The molecule has 0 spiro atoms. The van der Waals surface area contributed by atoms with E-state index in [1.807, 2.05) is 0 Å². The van der Waals surface area contributed by atoms with E-state index in [0.29, 0.717) is 0 Å². The summed E-state index contributed by atoms with van der Waals surface area (Å²) in [6.45, 7) is 0. The van der Waals surface area contributed by atoms with Gasteiger partial charge in [-0.25, -0.2) is 0 Å². The summed E-state index contributed by atoms with van der Waals surface area (Å²) < 4.78 is 0. The summed E-state index contributed by atoms with van der Waals surface area (Å²) in [5.41, 5.74) is 0. The normalized spacial score (nSPS) is 0. The van der Waals surface area contributed by atoms with Gasteiger partial charge in [0.25, 0.3) is 0 Å². The summed E-state index contributed by atoms with van der Waals surface area (Å²) in [6, 6.07) is 0. The molecule has 1 radical (unpaired) electrons. The van der Waals surface area contributed by atoms with Crippen molar-refractivity contribution in [1.29, 1.82) is 0 Å². The summed E-state index contributed by atoms with van der Waals surface area (Å²) in [5, 5.41) is 0. The first-order valence-corrected chi connectivity index (χ1v) is 0. The topological polar surface area (TPSA) is 0 Å². The van der Waals surface area contributed by atoms with E-state index in [-0.39, 0.29) is 129 Å². The van der Waals surface area contributed by atoms with E-state index < -0.39 is 0 Å². The molecule has 25 valence electrons. The summed E-state index contributed by atoms with van der Waals surface area (Å²) in [7, 11) is 0. The van der Waals surface area contributed by atoms with Crippen molar-refractivity contribution >= 4 is 60.9 Å². The molecular formula is H10Al2BiCdLi2. The van der Waals surface area contributed by atoms with E-state index in [1.165, 1.54) is 0 Å². The SMILES string of the molecule is [AlH3].[AlH3].[BiH2].[Cd].[H-].[H-].[Li+].[Li+]. The fourth-order valence-electron chi connectivity index (χ4n) is 0. The Morgan fingerprint density at radius 3 is 0.833 bits per heavy atom. The third kappa shape index (κ3) is 24.4. The van der Waals surface area contributed by atoms with Crippen molar-refractivity contribution in [2.24, 2.45) is 0 Å². The quantitative estimate of drug-likeness (QED) is 0.355. The Labute approximate surface area is 126 Å². The summed E-state index contributed by atoms with van der Waals surface area (Å²) in [5.74, 6) is 0. The van der Waals surface area contributed by atoms with Crippen molar-refractivity contribution < 1.29 is 67.9 Å². The predicted molar refractivity (Wildman–Crippen MR) is 30.6 cm³/mol. The van der Waals surface area contributed by atoms with Crippen molar-refractivity contribution in [3.8, 4) is 0 Å². The standard InChI is InChI=1S/2Al.Bi.Cd.2Li.10H/q;;;;2*+1;;;;;;;;;2*-1. The van der Waals surface area contributed by atoms with E-state index in [9.17, 15) is 0 Å². The zero-order valence-electron chi connectivity index (χ0n) is 5.28. The van der Waals surface area contributed by atoms with Gasteiger partial charge >= 0.3 is 63.9 Å². The molecule has 0 aromatic rings. The Balaban J connectivity index is 0. The van der Waals surface area contributed by atoms with Gasteiger partial charge < -0.3 is 2.85 Å². The Morgan fingerprint density at radius 1 is 0.833 bits per heavy atom. The van der Waals surface area contributed by atoms with Gasteiger partial charge in [0, 0.05) is 27.3 Å². The van der Waals surface area contributed by atoms with Crippen molar-refractivity contribution in [2.75, 3.05) is 0 Å². The summed E-state index contributed by atoms with van der Waals surface area (Å²) in [4.78, 5) is 0. The zero-order chi connectivity index (χ0) is 0. The molecule has 0 heterocycles. The van der Waals surface area contributed by atoms with Crippen LogP contribution in [0.15, 0.2) is 0 Å². The molecule has 0 unspecified atom stereocenters. The summed E-state index contributed by atoms with van der Waals surface area (Å²) >= 11 is 0. The van der Waals surface area contributed by atoms with Crippen LogP contribution in [0.25, 0.3) is 0 Å². The van der Waals surface area contributed by atoms with Crippen LogP contribution >= 0.6 is 0 Å². The number of rotatable bonds is 0. The van der Waals surface area contributed by atoms with Gasteiger partial charge in [-0.3, -0.25) is 0 Å². The van der Waals surface area contributed by atoms with Crippen molar-refractivity contribution in [3.05, 3.63) is 0 Å². The van der Waals surface area contributed by atoms with Crippen LogP contribution in [0.5, 0.6) is 0 Å². The van der Waals surface area contributed by atoms with Crippen LogP contribution in [0.3, 0.4) is 0 Å². The van der Waals surface area contributed by atoms with Gasteiger partial charge in [-0.2, -0.15) is 0 Å². The molecule has 6 heteroatoms. The van der Waals surface area contributed by atoms with Crippen LogP contribution in [0.2, 0.25) is 0 Å². The van der Waals surface area contributed by atoms with E-state index >= 15 is 0 Å². The monoisotopic (exact) mass is 401 g/mol. The van der Waals surface area contributed by atoms with Crippen LogP contribution in [0.1, 0.15) is 2.85 Å². The average molecular weight is 399 g/mol. The maximum Gasteiger partial charge on any atom is 1.00 e. The first-order valence-electron chi connectivity index (χ1n) is 0. The molecule has 0 aliphatic heterocycles. The Morgan fingerprint density at radius 2 is 0.833 bits per heavy atom. The van der Waals surface area contributed by atoms with Crippen LogP contribution in [-0.4, -0.2) is 60.9 Å². The van der Waals surface area contributed by atoms with Crippen LogP contribution in [0.4, 0.5) is 0 Å². The van der Waals surface area contributed by atoms with Gasteiger partial charge in [0.15, 0.2) is 34.7 Å². The zero-order valence-corrected chi connectivity index (χ0v) is 11.8. The first kappa shape index (κ1) is 50.1. The largest absolute Gasteiger partial charge is 1.00 e. The van der Waals surface area contributed by atoms with Crippen molar-refractivity contribution in [3.63, 3.8) is 0 Å². The molecule has 0 bridgehead atoms. The minimum Gasteiger partial charge on any atom is -1.00 e. The van der Waals surface area contributed by atoms with Crippen LogP contribution in [-0.2, 0) is 27.3 Å². The molecule has 0 nitrogen and oxygen atoms in total. The van der Waals surface area contributed by atoms with Gasteiger partial charge in [0.1, 0.15) is 0 Å². The van der Waals surface area contributed by atoms with Gasteiger partial charge in [0.05, 0.1) is 0 Å².